The van der Waals surface area contributed by atoms with Crippen LogP contribution in [0.15, 0.2) is 23.1 Å². The molecule has 1 saturated heterocycles. The SMILES string of the molecule is Cc1c(C(=O)N2CCS(=O)(=O)C3(CCCCC3)C2)cnn1-c1ccc(=O)[nH]n1. The fraction of sp³-hybridized carbons (Fsp3) is 0.556. The van der Waals surface area contributed by atoms with E-state index in [0.717, 1.165) is 19.3 Å². The summed E-state index contributed by atoms with van der Waals surface area (Å²) in [6, 6.07) is 2.87. The van der Waals surface area contributed by atoms with Crippen molar-refractivity contribution in [2.45, 2.75) is 43.8 Å². The first-order chi connectivity index (χ1) is 13.3. The van der Waals surface area contributed by atoms with Crippen molar-refractivity contribution in [2.75, 3.05) is 18.8 Å². The summed E-state index contributed by atoms with van der Waals surface area (Å²) >= 11 is 0. The highest BCUT2D eigenvalue weighted by Crippen LogP contribution is 2.39. The van der Waals surface area contributed by atoms with Crippen LogP contribution in [0.5, 0.6) is 0 Å². The van der Waals surface area contributed by atoms with Crippen LogP contribution in [0.4, 0.5) is 0 Å². The maximum atomic E-state index is 13.2. The maximum Gasteiger partial charge on any atom is 0.264 e. The van der Waals surface area contributed by atoms with Gasteiger partial charge in [0, 0.05) is 19.2 Å². The molecule has 9 nitrogen and oxygen atoms in total. The number of aromatic amines is 1. The largest absolute Gasteiger partial charge is 0.336 e. The Kier molecular flexibility index (Phi) is 4.60. The minimum Gasteiger partial charge on any atom is -0.336 e. The van der Waals surface area contributed by atoms with Crippen molar-refractivity contribution in [1.82, 2.24) is 24.9 Å². The minimum atomic E-state index is -3.21. The van der Waals surface area contributed by atoms with Crippen molar-refractivity contribution in [3.05, 3.63) is 39.9 Å². The Morgan fingerprint density at radius 2 is 1.96 bits per heavy atom. The van der Waals surface area contributed by atoms with Crippen molar-refractivity contribution in [3.8, 4) is 5.82 Å². The number of carbonyl (C=O) groups excluding carboxylic acids is 1. The molecule has 1 N–H and O–H groups in total. The van der Waals surface area contributed by atoms with Crippen LogP contribution in [0, 0.1) is 6.92 Å². The Hall–Kier alpha value is -2.49. The molecular weight excluding hydrogens is 382 g/mol. The first-order valence-corrected chi connectivity index (χ1v) is 11.1. The predicted molar refractivity (Wildman–Crippen MR) is 102 cm³/mol. The summed E-state index contributed by atoms with van der Waals surface area (Å²) in [5.41, 5.74) is 0.686. The van der Waals surface area contributed by atoms with Crippen molar-refractivity contribution >= 4 is 15.7 Å². The second-order valence-corrected chi connectivity index (χ2v) is 10.1. The van der Waals surface area contributed by atoms with Gasteiger partial charge in [0.1, 0.15) is 0 Å². The zero-order chi connectivity index (χ0) is 19.9. The molecule has 2 aliphatic rings. The van der Waals surface area contributed by atoms with E-state index < -0.39 is 14.6 Å². The zero-order valence-corrected chi connectivity index (χ0v) is 16.5. The van der Waals surface area contributed by atoms with E-state index in [4.69, 9.17) is 0 Å². The van der Waals surface area contributed by atoms with Gasteiger partial charge in [0.05, 0.1) is 28.0 Å². The van der Waals surface area contributed by atoms with Crippen molar-refractivity contribution in [3.63, 3.8) is 0 Å². The zero-order valence-electron chi connectivity index (χ0n) is 15.7. The molecule has 0 aromatic carbocycles. The van der Waals surface area contributed by atoms with Crippen LogP contribution >= 0.6 is 0 Å². The molecule has 28 heavy (non-hydrogen) atoms. The molecule has 0 unspecified atom stereocenters. The summed E-state index contributed by atoms with van der Waals surface area (Å²) < 4.78 is 26.2. The van der Waals surface area contributed by atoms with Gasteiger partial charge in [-0.25, -0.2) is 18.2 Å². The average Bonchev–Trinajstić information content (AvgIpc) is 3.06. The number of hydrogen-bond acceptors (Lipinski definition) is 6. The monoisotopic (exact) mass is 405 g/mol. The molecule has 2 fully saturated rings. The van der Waals surface area contributed by atoms with Gasteiger partial charge in [0.2, 0.25) is 0 Å². The fourth-order valence-corrected chi connectivity index (χ4v) is 6.44. The van der Waals surface area contributed by atoms with Crippen LogP contribution in [0.3, 0.4) is 0 Å². The summed E-state index contributed by atoms with van der Waals surface area (Å²) in [5, 5.41) is 10.5. The van der Waals surface area contributed by atoms with E-state index in [1.807, 2.05) is 0 Å². The molecule has 1 spiro atoms. The number of hydrogen-bond donors (Lipinski definition) is 1. The number of amides is 1. The number of sulfone groups is 1. The van der Waals surface area contributed by atoms with E-state index in [1.165, 1.54) is 23.0 Å². The van der Waals surface area contributed by atoms with Gasteiger partial charge >= 0.3 is 0 Å². The molecule has 4 rings (SSSR count). The van der Waals surface area contributed by atoms with Gasteiger partial charge in [-0.1, -0.05) is 19.3 Å². The highest BCUT2D eigenvalue weighted by Gasteiger charge is 2.49. The summed E-state index contributed by atoms with van der Waals surface area (Å²) in [6.45, 7) is 2.20. The highest BCUT2D eigenvalue weighted by atomic mass is 32.2. The van der Waals surface area contributed by atoms with Gasteiger partial charge in [-0.05, 0) is 25.8 Å². The quantitative estimate of drug-likeness (QED) is 0.791. The molecule has 2 aromatic heterocycles. The summed E-state index contributed by atoms with van der Waals surface area (Å²) in [5.74, 6) is 0.196. The van der Waals surface area contributed by atoms with Gasteiger partial charge in [-0.3, -0.25) is 9.59 Å². The van der Waals surface area contributed by atoms with Gasteiger partial charge in [-0.2, -0.15) is 10.2 Å². The van der Waals surface area contributed by atoms with Crippen LogP contribution in [-0.2, 0) is 9.84 Å². The molecule has 1 aliphatic carbocycles. The van der Waals surface area contributed by atoms with Gasteiger partial charge < -0.3 is 4.90 Å². The Bertz CT molecular complexity index is 1050. The van der Waals surface area contributed by atoms with E-state index in [2.05, 4.69) is 15.3 Å². The Morgan fingerprint density at radius 1 is 1.21 bits per heavy atom. The molecule has 1 amide bonds. The Morgan fingerprint density at radius 3 is 2.64 bits per heavy atom. The Labute approximate surface area is 162 Å². The first kappa shape index (κ1) is 18.9. The summed E-state index contributed by atoms with van der Waals surface area (Å²) in [6.07, 6.45) is 5.54. The number of aromatic nitrogens is 4. The molecule has 0 bridgehead atoms. The highest BCUT2D eigenvalue weighted by molar-refractivity contribution is 7.92. The molecule has 1 saturated carbocycles. The fourth-order valence-electron chi connectivity index (χ4n) is 4.29. The second-order valence-electron chi connectivity index (χ2n) is 7.62. The number of carbonyl (C=O) groups is 1. The van der Waals surface area contributed by atoms with E-state index in [9.17, 15) is 18.0 Å². The lowest BCUT2D eigenvalue weighted by molar-refractivity contribution is 0.0722. The van der Waals surface area contributed by atoms with Crippen molar-refractivity contribution in [1.29, 1.82) is 0 Å². The number of rotatable bonds is 2. The van der Waals surface area contributed by atoms with E-state index >= 15 is 0 Å². The molecule has 2 aromatic rings. The average molecular weight is 405 g/mol. The predicted octanol–water partition coefficient (Wildman–Crippen LogP) is 0.838. The smallest absolute Gasteiger partial charge is 0.264 e. The number of nitrogens with one attached hydrogen (secondary N) is 1. The third kappa shape index (κ3) is 3.05. The van der Waals surface area contributed by atoms with Gasteiger partial charge in [0.25, 0.3) is 11.5 Å². The van der Waals surface area contributed by atoms with Crippen molar-refractivity contribution < 1.29 is 13.2 Å². The minimum absolute atomic E-state index is 0.00734. The normalized spacial score (nSPS) is 21.0. The third-order valence-electron chi connectivity index (χ3n) is 5.94. The molecule has 150 valence electrons. The molecule has 3 heterocycles. The van der Waals surface area contributed by atoms with Crippen LogP contribution < -0.4 is 5.56 Å². The molecule has 10 heteroatoms. The van der Waals surface area contributed by atoms with E-state index in [1.54, 1.807) is 11.8 Å². The van der Waals surface area contributed by atoms with Crippen molar-refractivity contribution in [2.24, 2.45) is 0 Å². The van der Waals surface area contributed by atoms with E-state index in [-0.39, 0.29) is 30.3 Å². The third-order valence-corrected chi connectivity index (χ3v) is 8.52. The Balaban J connectivity index is 1.61. The van der Waals surface area contributed by atoms with E-state index in [0.29, 0.717) is 29.9 Å². The molecule has 0 atom stereocenters. The standard InChI is InChI=1S/C18H23N5O4S/c1-13-14(11-19-23(13)15-5-6-16(24)21-20-15)17(25)22-9-10-28(26,27)18(12-22)7-3-2-4-8-18/h5-6,11H,2-4,7-10,12H2,1H3,(H,21,24). The molecular formula is C18H23N5O4S. The lowest BCUT2D eigenvalue weighted by atomic mass is 9.87. The topological polar surface area (TPSA) is 118 Å². The first-order valence-electron chi connectivity index (χ1n) is 9.45. The summed E-state index contributed by atoms with van der Waals surface area (Å²) in [7, 11) is -3.21. The van der Waals surface area contributed by atoms with Crippen LogP contribution in [0.2, 0.25) is 0 Å². The van der Waals surface area contributed by atoms with Gasteiger partial charge in [0.15, 0.2) is 15.7 Å². The van der Waals surface area contributed by atoms with Gasteiger partial charge in [-0.15, -0.1) is 0 Å². The number of nitrogens with zero attached hydrogens (tertiary/aromatic N) is 4. The molecule has 0 radical (unpaired) electrons. The van der Waals surface area contributed by atoms with Crippen LogP contribution in [0.25, 0.3) is 5.82 Å². The lowest BCUT2D eigenvalue weighted by Crippen LogP contribution is -2.58. The summed E-state index contributed by atoms with van der Waals surface area (Å²) in [4.78, 5) is 26.0. The second kappa shape index (κ2) is 6.84. The molecule has 1 aliphatic heterocycles. The van der Waals surface area contributed by atoms with Crippen LogP contribution in [-0.4, -0.2) is 62.8 Å². The lowest BCUT2D eigenvalue weighted by Gasteiger charge is -2.44. The van der Waals surface area contributed by atoms with Crippen LogP contribution in [0.1, 0.15) is 48.2 Å². The maximum absolute atomic E-state index is 13.2. The number of H-pyrrole nitrogens is 1.